The van der Waals surface area contributed by atoms with E-state index in [4.69, 9.17) is 0 Å². The summed E-state index contributed by atoms with van der Waals surface area (Å²) in [6.45, 7) is 4.28. The minimum atomic E-state index is -0.276. The first-order valence-electron chi connectivity index (χ1n) is 10.2. The van der Waals surface area contributed by atoms with E-state index in [2.05, 4.69) is 36.4 Å². The predicted octanol–water partition coefficient (Wildman–Crippen LogP) is 6.91. The lowest BCUT2D eigenvalue weighted by molar-refractivity contribution is 0.0969. The third kappa shape index (κ3) is 3.01. The minimum Gasteiger partial charge on any atom is -0.294 e. The number of Topliss-reactive ketones (excluding diaryl/α,β-unsaturated/α-hetero) is 3. The van der Waals surface area contributed by atoms with E-state index in [1.54, 1.807) is 6.07 Å². The van der Waals surface area contributed by atoms with Crippen LogP contribution in [0.1, 0.15) is 51.8 Å². The molecule has 0 amide bonds. The molecule has 0 atom stereocenters. The summed E-state index contributed by atoms with van der Waals surface area (Å²) in [5.74, 6) is -0.716. The molecular formula is C28H20O3. The zero-order chi connectivity index (χ0) is 21.9. The summed E-state index contributed by atoms with van der Waals surface area (Å²) in [5, 5.41) is 8.09. The van der Waals surface area contributed by atoms with Crippen LogP contribution in [0.15, 0.2) is 66.7 Å². The quantitative estimate of drug-likeness (QED) is 0.243. The van der Waals surface area contributed by atoms with Crippen LogP contribution in [0, 0.1) is 0 Å². The van der Waals surface area contributed by atoms with Crippen LogP contribution >= 0.6 is 0 Å². The van der Waals surface area contributed by atoms with Crippen molar-refractivity contribution in [2.24, 2.45) is 0 Å². The smallest absolute Gasteiger partial charge is 0.161 e. The molecule has 0 spiro atoms. The van der Waals surface area contributed by atoms with Gasteiger partial charge in [0.1, 0.15) is 0 Å². The SMILES string of the molecule is CC(=O)c1cc2cc3cc4cc5ccccc5cc4cc3cc2c(C(C)=O)c1C(C)=O. The largest absolute Gasteiger partial charge is 0.294 e. The van der Waals surface area contributed by atoms with Crippen LogP contribution < -0.4 is 0 Å². The first kappa shape index (κ1) is 19.1. The molecule has 0 unspecified atom stereocenters. The van der Waals surface area contributed by atoms with Gasteiger partial charge in [-0.05, 0) is 106 Å². The van der Waals surface area contributed by atoms with Gasteiger partial charge < -0.3 is 0 Å². The molecule has 0 aromatic heterocycles. The highest BCUT2D eigenvalue weighted by molar-refractivity contribution is 6.22. The van der Waals surface area contributed by atoms with Crippen LogP contribution in [0.5, 0.6) is 0 Å². The highest BCUT2D eigenvalue weighted by Crippen LogP contribution is 2.34. The monoisotopic (exact) mass is 404 g/mol. The third-order valence-corrected chi connectivity index (χ3v) is 6.00. The Balaban J connectivity index is 1.92. The standard InChI is InChI=1S/C28H20O3/c1-15(29)25-14-24-12-22-10-20-8-18-6-4-5-7-19(18)9-21(20)11-23(22)13-26(24)28(17(3)31)27(25)16(2)30/h4-14H,1-3H3. The zero-order valence-corrected chi connectivity index (χ0v) is 17.6. The molecule has 0 N–H and O–H groups in total. The van der Waals surface area contributed by atoms with Crippen LogP contribution in [-0.2, 0) is 0 Å². The maximum absolute atomic E-state index is 12.6. The van der Waals surface area contributed by atoms with Crippen molar-refractivity contribution >= 4 is 60.4 Å². The summed E-state index contributed by atoms with van der Waals surface area (Å²) in [5.41, 5.74) is 0.852. The molecule has 0 fully saturated rings. The summed E-state index contributed by atoms with van der Waals surface area (Å²) in [4.78, 5) is 37.3. The Labute approximate surface area is 179 Å². The molecule has 0 aliphatic rings. The molecule has 150 valence electrons. The van der Waals surface area contributed by atoms with Gasteiger partial charge in [-0.25, -0.2) is 0 Å². The molecule has 0 aliphatic heterocycles. The molecule has 0 heterocycles. The van der Waals surface area contributed by atoms with Crippen molar-refractivity contribution in [3.8, 4) is 0 Å². The van der Waals surface area contributed by atoms with E-state index in [1.165, 1.54) is 31.5 Å². The number of carbonyl (C=O) groups excluding carboxylic acids is 3. The first-order chi connectivity index (χ1) is 14.8. The summed E-state index contributed by atoms with van der Waals surface area (Å²) >= 11 is 0. The predicted molar refractivity (Wildman–Crippen MR) is 126 cm³/mol. The number of fused-ring (bicyclic) bond motifs is 4. The lowest BCUT2D eigenvalue weighted by atomic mass is 9.87. The molecule has 3 heteroatoms. The van der Waals surface area contributed by atoms with E-state index in [9.17, 15) is 14.4 Å². The van der Waals surface area contributed by atoms with E-state index in [1.807, 2.05) is 24.3 Å². The van der Waals surface area contributed by atoms with Crippen molar-refractivity contribution in [3.05, 3.63) is 83.4 Å². The maximum Gasteiger partial charge on any atom is 0.161 e. The number of carbonyl (C=O) groups is 3. The normalized spacial score (nSPS) is 11.5. The number of hydrogen-bond acceptors (Lipinski definition) is 3. The molecule has 0 aliphatic carbocycles. The van der Waals surface area contributed by atoms with Gasteiger partial charge in [-0.1, -0.05) is 24.3 Å². The van der Waals surface area contributed by atoms with E-state index in [0.29, 0.717) is 16.5 Å². The van der Waals surface area contributed by atoms with Crippen molar-refractivity contribution in [2.45, 2.75) is 20.8 Å². The van der Waals surface area contributed by atoms with Crippen molar-refractivity contribution in [1.29, 1.82) is 0 Å². The van der Waals surface area contributed by atoms with Gasteiger partial charge >= 0.3 is 0 Å². The number of rotatable bonds is 3. The molecule has 31 heavy (non-hydrogen) atoms. The summed E-state index contributed by atoms with van der Waals surface area (Å²) < 4.78 is 0. The second-order valence-electron chi connectivity index (χ2n) is 8.16. The summed E-state index contributed by atoms with van der Waals surface area (Å²) in [7, 11) is 0. The van der Waals surface area contributed by atoms with Gasteiger partial charge in [0.25, 0.3) is 0 Å². The topological polar surface area (TPSA) is 51.2 Å². The van der Waals surface area contributed by atoms with Gasteiger partial charge in [-0.15, -0.1) is 0 Å². The minimum absolute atomic E-state index is 0.218. The van der Waals surface area contributed by atoms with Crippen LogP contribution in [-0.4, -0.2) is 17.3 Å². The van der Waals surface area contributed by atoms with Crippen molar-refractivity contribution in [3.63, 3.8) is 0 Å². The summed E-state index contributed by atoms with van der Waals surface area (Å²) in [6.07, 6.45) is 0. The molecular weight excluding hydrogens is 384 g/mol. The van der Waals surface area contributed by atoms with E-state index in [0.717, 1.165) is 26.9 Å². The fourth-order valence-electron chi connectivity index (χ4n) is 4.60. The second kappa shape index (κ2) is 6.85. The number of benzene rings is 5. The van der Waals surface area contributed by atoms with Gasteiger partial charge in [0.2, 0.25) is 0 Å². The lowest BCUT2D eigenvalue weighted by Gasteiger charge is -2.14. The molecule has 0 radical (unpaired) electrons. The van der Waals surface area contributed by atoms with Crippen LogP contribution in [0.4, 0.5) is 0 Å². The van der Waals surface area contributed by atoms with Gasteiger partial charge in [0.15, 0.2) is 17.3 Å². The molecule has 5 aromatic rings. The second-order valence-corrected chi connectivity index (χ2v) is 8.16. The maximum atomic E-state index is 12.6. The fraction of sp³-hybridized carbons (Fsp3) is 0.107. The molecule has 0 saturated heterocycles. The molecule has 5 aromatic carbocycles. The third-order valence-electron chi connectivity index (χ3n) is 6.00. The van der Waals surface area contributed by atoms with Gasteiger partial charge in [-0.2, -0.15) is 0 Å². The Morgan fingerprint density at radius 3 is 1.42 bits per heavy atom. The average Bonchev–Trinajstić information content (AvgIpc) is 2.73. The summed E-state index contributed by atoms with van der Waals surface area (Å²) in [6, 6.07) is 22.5. The number of ketones is 3. The van der Waals surface area contributed by atoms with E-state index in [-0.39, 0.29) is 22.9 Å². The van der Waals surface area contributed by atoms with Crippen LogP contribution in [0.3, 0.4) is 0 Å². The number of hydrogen-bond donors (Lipinski definition) is 0. The lowest BCUT2D eigenvalue weighted by Crippen LogP contribution is -2.12. The highest BCUT2D eigenvalue weighted by Gasteiger charge is 2.22. The Morgan fingerprint density at radius 1 is 0.484 bits per heavy atom. The van der Waals surface area contributed by atoms with Crippen LogP contribution in [0.2, 0.25) is 0 Å². The highest BCUT2D eigenvalue weighted by atomic mass is 16.1. The Bertz CT molecular complexity index is 1610. The zero-order valence-electron chi connectivity index (χ0n) is 17.6. The molecule has 0 bridgehead atoms. The first-order valence-corrected chi connectivity index (χ1v) is 10.2. The van der Waals surface area contributed by atoms with Crippen molar-refractivity contribution in [2.75, 3.05) is 0 Å². The fourth-order valence-corrected chi connectivity index (χ4v) is 4.60. The molecule has 3 nitrogen and oxygen atoms in total. The van der Waals surface area contributed by atoms with E-state index >= 15 is 0 Å². The van der Waals surface area contributed by atoms with Gasteiger partial charge in [0.05, 0.1) is 0 Å². The Hall–Kier alpha value is -3.85. The average molecular weight is 404 g/mol. The van der Waals surface area contributed by atoms with E-state index < -0.39 is 0 Å². The van der Waals surface area contributed by atoms with Crippen molar-refractivity contribution in [1.82, 2.24) is 0 Å². The van der Waals surface area contributed by atoms with Crippen molar-refractivity contribution < 1.29 is 14.4 Å². The Morgan fingerprint density at radius 2 is 0.935 bits per heavy atom. The van der Waals surface area contributed by atoms with Gasteiger partial charge in [-0.3, -0.25) is 14.4 Å². The molecule has 5 rings (SSSR count). The molecule has 0 saturated carbocycles. The van der Waals surface area contributed by atoms with Crippen LogP contribution in [0.25, 0.3) is 43.1 Å². The van der Waals surface area contributed by atoms with Gasteiger partial charge in [0, 0.05) is 16.7 Å². The Kier molecular flexibility index (Phi) is 4.23.